The zero-order chi connectivity index (χ0) is 15.4. The van der Waals surface area contributed by atoms with Gasteiger partial charge in [-0.3, -0.25) is 4.79 Å². The van der Waals surface area contributed by atoms with Crippen molar-refractivity contribution in [2.75, 3.05) is 10.7 Å². The Kier molecular flexibility index (Phi) is 4.49. The fourth-order valence-corrected chi connectivity index (χ4v) is 1.91. The van der Waals surface area contributed by atoms with E-state index in [1.54, 1.807) is 31.2 Å². The number of aromatic nitrogens is 1. The molecule has 2 rings (SSSR count). The summed E-state index contributed by atoms with van der Waals surface area (Å²) in [6.45, 7) is 3.54. The molecule has 0 bridgehead atoms. The minimum Gasteiger partial charge on any atom is -0.322 e. The number of rotatable bonds is 4. The molecule has 0 spiro atoms. The molecule has 21 heavy (non-hydrogen) atoms. The molecule has 0 saturated heterocycles. The van der Waals surface area contributed by atoms with Crippen molar-refractivity contribution < 1.29 is 9.18 Å². The number of hydrogen-bond donors (Lipinski definition) is 3. The van der Waals surface area contributed by atoms with Gasteiger partial charge in [0.25, 0.3) is 5.91 Å². The van der Waals surface area contributed by atoms with E-state index in [0.29, 0.717) is 29.1 Å². The maximum Gasteiger partial charge on any atom is 0.255 e. The van der Waals surface area contributed by atoms with Crippen molar-refractivity contribution in [2.45, 2.75) is 20.3 Å². The first kappa shape index (κ1) is 14.9. The molecule has 1 aromatic heterocycles. The predicted octanol–water partition coefficient (Wildman–Crippen LogP) is 2.63. The summed E-state index contributed by atoms with van der Waals surface area (Å²) in [6, 6.07) is 7.78. The Hall–Kier alpha value is -2.47. The minimum atomic E-state index is -0.360. The number of pyridine rings is 1. The molecule has 0 aliphatic carbocycles. The van der Waals surface area contributed by atoms with E-state index in [2.05, 4.69) is 15.7 Å². The van der Waals surface area contributed by atoms with Gasteiger partial charge in [0.2, 0.25) is 0 Å². The number of carbonyl (C=O) groups is 1. The highest BCUT2D eigenvalue weighted by Crippen LogP contribution is 2.19. The highest BCUT2D eigenvalue weighted by Gasteiger charge is 2.12. The first-order chi connectivity index (χ1) is 10.0. The fraction of sp³-hybridized carbons (Fsp3) is 0.200. The number of hydrogen-bond acceptors (Lipinski definition) is 4. The quantitative estimate of drug-likeness (QED) is 0.597. The third-order valence-corrected chi connectivity index (χ3v) is 3.17. The number of amides is 1. The van der Waals surface area contributed by atoms with Crippen molar-refractivity contribution in [3.05, 3.63) is 53.0 Å². The summed E-state index contributed by atoms with van der Waals surface area (Å²) in [5.41, 5.74) is 4.43. The number of nitrogen functional groups attached to an aromatic ring is 1. The Morgan fingerprint density at radius 2 is 2.14 bits per heavy atom. The molecular weight excluding hydrogens is 271 g/mol. The zero-order valence-corrected chi connectivity index (χ0v) is 11.9. The van der Waals surface area contributed by atoms with Crippen molar-refractivity contribution >= 4 is 17.4 Å². The summed E-state index contributed by atoms with van der Waals surface area (Å²) in [4.78, 5) is 16.5. The van der Waals surface area contributed by atoms with Crippen LogP contribution in [0.2, 0.25) is 0 Å². The number of aryl methyl sites for hydroxylation is 1. The van der Waals surface area contributed by atoms with Crippen LogP contribution in [-0.2, 0) is 6.42 Å². The van der Waals surface area contributed by atoms with E-state index >= 15 is 0 Å². The van der Waals surface area contributed by atoms with Crippen molar-refractivity contribution in [3.63, 3.8) is 0 Å². The van der Waals surface area contributed by atoms with Gasteiger partial charge in [0.05, 0.1) is 0 Å². The third-order valence-electron chi connectivity index (χ3n) is 3.17. The molecule has 1 aromatic carbocycles. The van der Waals surface area contributed by atoms with Gasteiger partial charge in [-0.15, -0.1) is 0 Å². The molecule has 4 N–H and O–H groups in total. The van der Waals surface area contributed by atoms with Crippen molar-refractivity contribution in [2.24, 2.45) is 5.84 Å². The second-order valence-electron chi connectivity index (χ2n) is 4.60. The average molecular weight is 288 g/mol. The number of halogens is 1. The molecule has 0 atom stereocenters. The molecule has 5 nitrogen and oxygen atoms in total. The Morgan fingerprint density at radius 1 is 1.38 bits per heavy atom. The first-order valence-corrected chi connectivity index (χ1v) is 6.59. The average Bonchev–Trinajstić information content (AvgIpc) is 2.51. The molecule has 0 saturated carbocycles. The molecular formula is C15H17FN4O. The molecule has 0 aliphatic heterocycles. The van der Waals surface area contributed by atoms with E-state index in [1.165, 1.54) is 6.07 Å². The number of nitrogens with two attached hydrogens (primary N) is 1. The van der Waals surface area contributed by atoms with Gasteiger partial charge < -0.3 is 10.7 Å². The highest BCUT2D eigenvalue weighted by molar-refractivity contribution is 6.05. The van der Waals surface area contributed by atoms with E-state index < -0.39 is 0 Å². The Bertz CT molecular complexity index is 650. The topological polar surface area (TPSA) is 80.0 Å². The van der Waals surface area contributed by atoms with E-state index in [9.17, 15) is 9.18 Å². The lowest BCUT2D eigenvalue weighted by molar-refractivity contribution is 0.102. The smallest absolute Gasteiger partial charge is 0.255 e. The van der Waals surface area contributed by atoms with Crippen LogP contribution in [0.25, 0.3) is 0 Å². The number of nitrogens with one attached hydrogen (secondary N) is 2. The molecule has 1 amide bonds. The number of anilines is 2. The van der Waals surface area contributed by atoms with Crippen LogP contribution in [-0.4, -0.2) is 10.9 Å². The second-order valence-corrected chi connectivity index (χ2v) is 4.60. The van der Waals surface area contributed by atoms with Gasteiger partial charge in [-0.2, -0.15) is 0 Å². The SMILES string of the molecule is CCc1cc(C(=O)Nc2cccc(F)c2C)cc(NN)n1. The molecule has 0 unspecified atom stereocenters. The maximum absolute atomic E-state index is 13.5. The monoisotopic (exact) mass is 288 g/mol. The molecule has 0 aliphatic rings. The first-order valence-electron chi connectivity index (χ1n) is 6.59. The van der Waals surface area contributed by atoms with Crippen LogP contribution in [0.1, 0.15) is 28.5 Å². The zero-order valence-electron chi connectivity index (χ0n) is 11.9. The van der Waals surface area contributed by atoms with E-state index in [-0.39, 0.29) is 11.7 Å². The molecule has 2 aromatic rings. The summed E-state index contributed by atoms with van der Waals surface area (Å²) in [7, 11) is 0. The van der Waals surface area contributed by atoms with Gasteiger partial charge >= 0.3 is 0 Å². The lowest BCUT2D eigenvalue weighted by Gasteiger charge is -2.10. The number of hydrazine groups is 1. The minimum absolute atomic E-state index is 0.336. The van der Waals surface area contributed by atoms with Crippen molar-refractivity contribution in [3.8, 4) is 0 Å². The molecule has 0 radical (unpaired) electrons. The number of carbonyl (C=O) groups excluding carboxylic acids is 1. The normalized spacial score (nSPS) is 10.3. The molecule has 110 valence electrons. The summed E-state index contributed by atoms with van der Waals surface area (Å²) in [6.07, 6.45) is 0.675. The van der Waals surface area contributed by atoms with Gasteiger partial charge in [0.15, 0.2) is 0 Å². The third kappa shape index (κ3) is 3.35. The second kappa shape index (κ2) is 6.32. The van der Waals surface area contributed by atoms with Crippen LogP contribution in [0.3, 0.4) is 0 Å². The molecule has 1 heterocycles. The number of nitrogens with zero attached hydrogens (tertiary/aromatic N) is 1. The Morgan fingerprint density at radius 3 is 2.81 bits per heavy atom. The molecule has 6 heteroatoms. The van der Waals surface area contributed by atoms with E-state index in [4.69, 9.17) is 5.84 Å². The van der Waals surface area contributed by atoms with E-state index in [0.717, 1.165) is 5.69 Å². The summed E-state index contributed by atoms with van der Waals surface area (Å²) >= 11 is 0. The van der Waals surface area contributed by atoms with Crippen molar-refractivity contribution in [1.82, 2.24) is 4.98 Å². The van der Waals surface area contributed by atoms with Crippen LogP contribution >= 0.6 is 0 Å². The van der Waals surface area contributed by atoms with Gasteiger partial charge in [-0.25, -0.2) is 15.2 Å². The predicted molar refractivity (Wildman–Crippen MR) is 80.5 cm³/mol. The lowest BCUT2D eigenvalue weighted by Crippen LogP contribution is -2.16. The van der Waals surface area contributed by atoms with Crippen molar-refractivity contribution in [1.29, 1.82) is 0 Å². The van der Waals surface area contributed by atoms with Gasteiger partial charge in [0.1, 0.15) is 11.6 Å². The van der Waals surface area contributed by atoms with Crippen LogP contribution in [0.5, 0.6) is 0 Å². The Labute approximate surface area is 122 Å². The summed E-state index contributed by atoms with van der Waals surface area (Å²) < 4.78 is 13.5. The summed E-state index contributed by atoms with van der Waals surface area (Å²) in [5, 5.41) is 2.69. The van der Waals surface area contributed by atoms with Crippen LogP contribution in [0.15, 0.2) is 30.3 Å². The molecule has 0 fully saturated rings. The maximum atomic E-state index is 13.5. The van der Waals surface area contributed by atoms with Gasteiger partial charge in [-0.1, -0.05) is 13.0 Å². The van der Waals surface area contributed by atoms with Crippen LogP contribution in [0, 0.1) is 12.7 Å². The largest absolute Gasteiger partial charge is 0.322 e. The van der Waals surface area contributed by atoms with Crippen LogP contribution < -0.4 is 16.6 Å². The fourth-order valence-electron chi connectivity index (χ4n) is 1.91. The van der Waals surface area contributed by atoms with E-state index in [1.807, 2.05) is 6.92 Å². The lowest BCUT2D eigenvalue weighted by atomic mass is 10.1. The Balaban J connectivity index is 2.30. The van der Waals surface area contributed by atoms with Gasteiger partial charge in [0, 0.05) is 22.5 Å². The highest BCUT2D eigenvalue weighted by atomic mass is 19.1. The standard InChI is InChI=1S/C15H17FN4O/c1-3-11-7-10(8-14(18-11)20-17)15(21)19-13-6-4-5-12(16)9(13)2/h4-8H,3,17H2,1-2H3,(H,18,20)(H,19,21). The number of benzene rings is 1. The van der Waals surface area contributed by atoms with Crippen LogP contribution in [0.4, 0.5) is 15.9 Å². The van der Waals surface area contributed by atoms with Gasteiger partial charge in [-0.05, 0) is 37.6 Å². The summed E-state index contributed by atoms with van der Waals surface area (Å²) in [5.74, 6) is 5.06.